The lowest BCUT2D eigenvalue weighted by Crippen LogP contribution is -2.07. The van der Waals surface area contributed by atoms with E-state index in [1.165, 1.54) is 0 Å². The van der Waals surface area contributed by atoms with Gasteiger partial charge in [-0.1, -0.05) is 60.1 Å². The lowest BCUT2D eigenvalue weighted by Gasteiger charge is -2.11. The van der Waals surface area contributed by atoms with Gasteiger partial charge in [-0.2, -0.15) is 0 Å². The number of pyridine rings is 1. The van der Waals surface area contributed by atoms with E-state index in [2.05, 4.69) is 39.1 Å². The van der Waals surface area contributed by atoms with Crippen LogP contribution in [-0.4, -0.2) is 10.8 Å². The normalized spacial score (nSPS) is 10.6. The molecule has 0 atom stereocenters. The van der Waals surface area contributed by atoms with Crippen molar-refractivity contribution in [2.45, 2.75) is 13.3 Å². The summed E-state index contributed by atoms with van der Waals surface area (Å²) >= 11 is 9.34. The predicted octanol–water partition coefficient (Wildman–Crippen LogP) is 5.90. The maximum atomic E-state index is 12.5. The minimum Gasteiger partial charge on any atom is -0.292 e. The summed E-state index contributed by atoms with van der Waals surface area (Å²) < 4.78 is 0.683. The van der Waals surface area contributed by atoms with E-state index in [1.54, 1.807) is 12.3 Å². The number of Topliss-reactive ketones (excluding diaryl/α,β-unsaturated/α-hetero) is 1. The van der Waals surface area contributed by atoms with Gasteiger partial charge in [-0.25, -0.2) is 0 Å². The molecule has 2 aromatic carbocycles. The van der Waals surface area contributed by atoms with Gasteiger partial charge in [0.1, 0.15) is 5.69 Å². The number of carbonyl (C=O) groups excluding carboxylic acids is 1. The lowest BCUT2D eigenvalue weighted by molar-refractivity contribution is 0.0988. The van der Waals surface area contributed by atoms with Crippen LogP contribution >= 0.6 is 27.5 Å². The van der Waals surface area contributed by atoms with Crippen LogP contribution in [0.2, 0.25) is 5.02 Å². The van der Waals surface area contributed by atoms with Crippen LogP contribution in [0.4, 0.5) is 0 Å². The lowest BCUT2D eigenvalue weighted by atomic mass is 9.93. The van der Waals surface area contributed by atoms with Gasteiger partial charge >= 0.3 is 0 Å². The number of hydrogen-bond acceptors (Lipinski definition) is 2. The van der Waals surface area contributed by atoms with Crippen molar-refractivity contribution in [2.75, 3.05) is 0 Å². The van der Waals surface area contributed by atoms with Crippen molar-refractivity contribution in [1.82, 2.24) is 4.98 Å². The third kappa shape index (κ3) is 3.58. The second-order valence-electron chi connectivity index (χ2n) is 5.54. The third-order valence-electron chi connectivity index (χ3n) is 3.98. The van der Waals surface area contributed by atoms with Crippen LogP contribution < -0.4 is 0 Å². The first-order chi connectivity index (χ1) is 11.6. The topological polar surface area (TPSA) is 30.0 Å². The number of aromatic nitrogens is 1. The van der Waals surface area contributed by atoms with Crippen LogP contribution in [0.1, 0.15) is 21.6 Å². The van der Waals surface area contributed by atoms with E-state index < -0.39 is 0 Å². The van der Waals surface area contributed by atoms with E-state index in [9.17, 15) is 4.79 Å². The minimum absolute atomic E-state index is 0.0438. The Bertz CT molecular complexity index is 893. The molecule has 120 valence electrons. The van der Waals surface area contributed by atoms with Crippen LogP contribution in [0.5, 0.6) is 0 Å². The van der Waals surface area contributed by atoms with Crippen molar-refractivity contribution >= 4 is 33.3 Å². The van der Waals surface area contributed by atoms with E-state index in [0.29, 0.717) is 21.6 Å². The Hall–Kier alpha value is -1.97. The Morgan fingerprint density at radius 3 is 2.58 bits per heavy atom. The van der Waals surface area contributed by atoms with Crippen molar-refractivity contribution in [3.63, 3.8) is 0 Å². The zero-order valence-electron chi connectivity index (χ0n) is 13.1. The minimum atomic E-state index is -0.0438. The molecule has 1 heterocycles. The van der Waals surface area contributed by atoms with Crippen molar-refractivity contribution in [2.24, 2.45) is 0 Å². The molecule has 0 unspecified atom stereocenters. The van der Waals surface area contributed by atoms with Crippen molar-refractivity contribution in [1.29, 1.82) is 0 Å². The van der Waals surface area contributed by atoms with Crippen LogP contribution in [0, 0.1) is 6.92 Å². The molecule has 4 heteroatoms. The van der Waals surface area contributed by atoms with E-state index >= 15 is 0 Å². The molecule has 1 aromatic heterocycles. The molecule has 0 aliphatic heterocycles. The SMILES string of the molecule is Cc1c(CC(=O)c2cc(Cl)c(Br)cn2)cccc1-c1ccccc1. The van der Waals surface area contributed by atoms with Gasteiger partial charge in [-0.3, -0.25) is 9.78 Å². The first kappa shape index (κ1) is 16.9. The van der Waals surface area contributed by atoms with Gasteiger partial charge < -0.3 is 0 Å². The molecule has 3 rings (SSSR count). The highest BCUT2D eigenvalue weighted by Crippen LogP contribution is 2.27. The summed E-state index contributed by atoms with van der Waals surface area (Å²) in [5.41, 5.74) is 4.78. The van der Waals surface area contributed by atoms with Crippen LogP contribution in [0.15, 0.2) is 65.3 Å². The highest BCUT2D eigenvalue weighted by Gasteiger charge is 2.13. The number of ketones is 1. The maximum absolute atomic E-state index is 12.5. The molecule has 24 heavy (non-hydrogen) atoms. The second-order valence-corrected chi connectivity index (χ2v) is 6.80. The number of nitrogens with zero attached hydrogens (tertiary/aromatic N) is 1. The van der Waals surface area contributed by atoms with E-state index in [0.717, 1.165) is 22.3 Å². The molecule has 0 fully saturated rings. The summed E-state index contributed by atoms with van der Waals surface area (Å²) in [7, 11) is 0. The zero-order chi connectivity index (χ0) is 17.1. The Kier molecular flexibility index (Phi) is 5.12. The Labute approximate surface area is 154 Å². The molecule has 3 aromatic rings. The van der Waals surface area contributed by atoms with Gasteiger partial charge in [0.2, 0.25) is 0 Å². The monoisotopic (exact) mass is 399 g/mol. The fourth-order valence-corrected chi connectivity index (χ4v) is 3.00. The number of benzene rings is 2. The van der Waals surface area contributed by atoms with Crippen molar-refractivity contribution in [3.05, 3.63) is 87.1 Å². The molecule has 0 bridgehead atoms. The quantitative estimate of drug-likeness (QED) is 0.510. The van der Waals surface area contributed by atoms with E-state index in [4.69, 9.17) is 11.6 Å². The highest BCUT2D eigenvalue weighted by atomic mass is 79.9. The molecule has 0 saturated heterocycles. The summed E-state index contributed by atoms with van der Waals surface area (Å²) in [5, 5.41) is 0.489. The number of rotatable bonds is 4. The summed E-state index contributed by atoms with van der Waals surface area (Å²) in [6.45, 7) is 2.05. The zero-order valence-corrected chi connectivity index (χ0v) is 15.4. The molecule has 2 nitrogen and oxygen atoms in total. The third-order valence-corrected chi connectivity index (χ3v) is 5.15. The molecule has 0 radical (unpaired) electrons. The molecule has 0 spiro atoms. The van der Waals surface area contributed by atoms with Crippen LogP contribution in [0.25, 0.3) is 11.1 Å². The molecular weight excluding hydrogens is 386 g/mol. The summed E-state index contributed by atoms with van der Waals surface area (Å²) in [6.07, 6.45) is 1.86. The maximum Gasteiger partial charge on any atom is 0.185 e. The number of hydrogen-bond donors (Lipinski definition) is 0. The van der Waals surface area contributed by atoms with Gasteiger partial charge in [-0.15, -0.1) is 0 Å². The summed E-state index contributed by atoms with van der Waals surface area (Å²) in [6, 6.07) is 17.8. The second kappa shape index (κ2) is 7.29. The average molecular weight is 401 g/mol. The van der Waals surface area contributed by atoms with Gasteiger partial charge in [0.25, 0.3) is 0 Å². The molecule has 0 N–H and O–H groups in total. The summed E-state index contributed by atoms with van der Waals surface area (Å²) in [4.78, 5) is 16.7. The van der Waals surface area contributed by atoms with Gasteiger partial charge in [-0.05, 0) is 51.2 Å². The van der Waals surface area contributed by atoms with Crippen molar-refractivity contribution < 1.29 is 4.79 Å². The number of carbonyl (C=O) groups is 1. The van der Waals surface area contributed by atoms with Gasteiger partial charge in [0.05, 0.1) is 9.50 Å². The van der Waals surface area contributed by atoms with E-state index in [-0.39, 0.29) is 5.78 Å². The van der Waals surface area contributed by atoms with Gasteiger partial charge in [0, 0.05) is 12.6 Å². The van der Waals surface area contributed by atoms with E-state index in [1.807, 2.05) is 37.3 Å². The Morgan fingerprint density at radius 2 is 1.88 bits per heavy atom. The predicted molar refractivity (Wildman–Crippen MR) is 102 cm³/mol. The molecule has 0 aliphatic carbocycles. The summed E-state index contributed by atoms with van der Waals surface area (Å²) in [5.74, 6) is -0.0438. The first-order valence-corrected chi connectivity index (χ1v) is 8.71. The van der Waals surface area contributed by atoms with Crippen LogP contribution in [0.3, 0.4) is 0 Å². The molecular formula is C20H15BrClNO. The fraction of sp³-hybridized carbons (Fsp3) is 0.100. The molecule has 0 aliphatic rings. The average Bonchev–Trinajstić information content (AvgIpc) is 2.60. The standard InChI is InChI=1S/C20H15BrClNO/c1-13-15(8-5-9-16(13)14-6-3-2-4-7-14)10-20(24)19-11-18(22)17(21)12-23-19/h2-9,11-12H,10H2,1H3. The van der Waals surface area contributed by atoms with Gasteiger partial charge in [0.15, 0.2) is 5.78 Å². The number of halogens is 2. The first-order valence-electron chi connectivity index (χ1n) is 7.54. The fourth-order valence-electron chi connectivity index (χ4n) is 2.64. The molecule has 0 amide bonds. The Balaban J connectivity index is 1.90. The van der Waals surface area contributed by atoms with Crippen LogP contribution in [-0.2, 0) is 6.42 Å². The highest BCUT2D eigenvalue weighted by molar-refractivity contribution is 9.10. The molecule has 0 saturated carbocycles. The Morgan fingerprint density at radius 1 is 1.12 bits per heavy atom. The van der Waals surface area contributed by atoms with Crippen molar-refractivity contribution in [3.8, 4) is 11.1 Å². The largest absolute Gasteiger partial charge is 0.292 e. The smallest absolute Gasteiger partial charge is 0.185 e.